The topological polar surface area (TPSA) is 75.6 Å². The van der Waals surface area contributed by atoms with Crippen molar-refractivity contribution in [1.29, 1.82) is 0 Å². The van der Waals surface area contributed by atoms with Gasteiger partial charge in [0.25, 0.3) is 0 Å². The molecule has 0 fully saturated rings. The first-order valence-electron chi connectivity index (χ1n) is 7.68. The zero-order valence-electron chi connectivity index (χ0n) is 13.9. The molecule has 2 aromatic carbocycles. The molecular weight excluding hydrogens is 344 g/mol. The first kappa shape index (κ1) is 19.1. The second kappa shape index (κ2) is 8.75. The first-order chi connectivity index (χ1) is 12.4. The fourth-order valence-corrected chi connectivity index (χ4v) is 2.22. The third kappa shape index (κ3) is 5.41. The van der Waals surface area contributed by atoms with Crippen LogP contribution in [0.1, 0.15) is 11.1 Å². The minimum absolute atomic E-state index is 0.0172. The molecule has 1 amide bonds. The molecule has 0 unspecified atom stereocenters. The van der Waals surface area contributed by atoms with Crippen molar-refractivity contribution >= 4 is 18.0 Å². The molecule has 1 atom stereocenters. The highest BCUT2D eigenvalue weighted by Crippen LogP contribution is 2.13. The number of rotatable bonds is 7. The summed E-state index contributed by atoms with van der Waals surface area (Å²) in [7, 11) is 1.52. The largest absolute Gasteiger partial charge is 0.497 e. The molecule has 2 N–H and O–H groups in total. The number of amides is 1. The van der Waals surface area contributed by atoms with Gasteiger partial charge in [-0.2, -0.15) is 0 Å². The van der Waals surface area contributed by atoms with Crippen LogP contribution < -0.4 is 10.1 Å². The highest BCUT2D eigenvalue weighted by molar-refractivity contribution is 5.94. The normalized spacial score (nSPS) is 12.0. The van der Waals surface area contributed by atoms with Crippen molar-refractivity contribution in [2.24, 2.45) is 0 Å². The Balaban J connectivity index is 2.02. The van der Waals surface area contributed by atoms with Gasteiger partial charge in [-0.1, -0.05) is 12.1 Å². The van der Waals surface area contributed by atoms with Gasteiger partial charge in [0.05, 0.1) is 7.11 Å². The van der Waals surface area contributed by atoms with Gasteiger partial charge in [-0.25, -0.2) is 13.6 Å². The van der Waals surface area contributed by atoms with Gasteiger partial charge in [-0.15, -0.1) is 0 Å². The number of methoxy groups -OCH3 is 1. The summed E-state index contributed by atoms with van der Waals surface area (Å²) in [5, 5.41) is 11.6. The van der Waals surface area contributed by atoms with Crippen molar-refractivity contribution in [3.8, 4) is 5.75 Å². The maximum Gasteiger partial charge on any atom is 0.326 e. The quantitative estimate of drug-likeness (QED) is 0.744. The van der Waals surface area contributed by atoms with Gasteiger partial charge in [-0.3, -0.25) is 4.79 Å². The molecule has 0 bridgehead atoms. The third-order valence-corrected chi connectivity index (χ3v) is 3.59. The number of halogens is 2. The van der Waals surface area contributed by atoms with Crippen LogP contribution in [0.2, 0.25) is 0 Å². The Morgan fingerprint density at radius 2 is 1.88 bits per heavy atom. The summed E-state index contributed by atoms with van der Waals surface area (Å²) < 4.78 is 31.4. The van der Waals surface area contributed by atoms with Crippen LogP contribution in [0.15, 0.2) is 48.5 Å². The zero-order chi connectivity index (χ0) is 19.1. The van der Waals surface area contributed by atoms with Gasteiger partial charge < -0.3 is 15.2 Å². The number of benzene rings is 2. The van der Waals surface area contributed by atoms with Crippen LogP contribution in [0, 0.1) is 11.6 Å². The SMILES string of the molecule is COc1ccc(C[C@H](NC(=O)C=Cc2ccc(F)cc2F)C(=O)O)cc1. The van der Waals surface area contributed by atoms with Crippen LogP contribution in [0.3, 0.4) is 0 Å². The number of carbonyl (C=O) groups excluding carboxylic acids is 1. The molecule has 5 nitrogen and oxygen atoms in total. The molecule has 0 radical (unpaired) electrons. The van der Waals surface area contributed by atoms with Gasteiger partial charge in [0, 0.05) is 24.1 Å². The maximum atomic E-state index is 13.5. The van der Waals surface area contributed by atoms with E-state index in [1.807, 2.05) is 0 Å². The van der Waals surface area contributed by atoms with E-state index >= 15 is 0 Å². The predicted octanol–water partition coefficient (Wildman–Crippen LogP) is 2.80. The van der Waals surface area contributed by atoms with Crippen molar-refractivity contribution in [2.45, 2.75) is 12.5 Å². The number of aliphatic carboxylic acids is 1. The van der Waals surface area contributed by atoms with E-state index in [4.69, 9.17) is 4.74 Å². The summed E-state index contributed by atoms with van der Waals surface area (Å²) >= 11 is 0. The molecule has 0 aliphatic rings. The fraction of sp³-hybridized carbons (Fsp3) is 0.158. The van der Waals surface area contributed by atoms with Gasteiger partial charge in [0.1, 0.15) is 23.4 Å². The highest BCUT2D eigenvalue weighted by Gasteiger charge is 2.19. The molecule has 0 spiro atoms. The minimum atomic E-state index is -1.20. The van der Waals surface area contributed by atoms with Crippen LogP contribution in [0.4, 0.5) is 8.78 Å². The standard InChI is InChI=1S/C19H17F2NO4/c1-26-15-7-2-12(3-8-15)10-17(19(24)25)22-18(23)9-5-13-4-6-14(20)11-16(13)21/h2-9,11,17H,10H2,1H3,(H,22,23)(H,24,25)/t17-/m0/s1. The number of nitrogens with one attached hydrogen (secondary N) is 1. The average molecular weight is 361 g/mol. The Kier molecular flexibility index (Phi) is 6.43. The summed E-state index contributed by atoms with van der Waals surface area (Å²) in [6.45, 7) is 0. The van der Waals surface area contributed by atoms with Crippen molar-refractivity contribution < 1.29 is 28.2 Å². The smallest absolute Gasteiger partial charge is 0.326 e. The van der Waals surface area contributed by atoms with Crippen molar-refractivity contribution in [3.63, 3.8) is 0 Å². The molecule has 0 aliphatic heterocycles. The first-order valence-corrected chi connectivity index (χ1v) is 7.68. The Hall–Kier alpha value is -3.22. The minimum Gasteiger partial charge on any atom is -0.497 e. The van der Waals surface area contributed by atoms with Crippen LogP contribution in [0.5, 0.6) is 5.75 Å². The number of carboxylic acids is 1. The van der Waals surface area contributed by atoms with Gasteiger partial charge in [0.2, 0.25) is 5.91 Å². The molecule has 0 aromatic heterocycles. The second-order valence-corrected chi connectivity index (χ2v) is 5.45. The van der Waals surface area contributed by atoms with Crippen LogP contribution in [0.25, 0.3) is 6.08 Å². The lowest BCUT2D eigenvalue weighted by atomic mass is 10.1. The summed E-state index contributed by atoms with van der Waals surface area (Å²) in [6, 6.07) is 8.56. The number of carbonyl (C=O) groups is 2. The highest BCUT2D eigenvalue weighted by atomic mass is 19.1. The van der Waals surface area contributed by atoms with E-state index in [2.05, 4.69) is 5.32 Å². The lowest BCUT2D eigenvalue weighted by molar-refractivity contribution is -0.141. The van der Waals surface area contributed by atoms with E-state index in [0.29, 0.717) is 17.4 Å². The van der Waals surface area contributed by atoms with E-state index in [-0.39, 0.29) is 12.0 Å². The Labute approximate surface area is 148 Å². The molecule has 136 valence electrons. The molecule has 0 saturated heterocycles. The number of ether oxygens (including phenoxy) is 1. The summed E-state index contributed by atoms with van der Waals surface area (Å²) in [5.41, 5.74) is 0.718. The Bertz CT molecular complexity index is 819. The van der Waals surface area contributed by atoms with Crippen molar-refractivity contribution in [3.05, 3.63) is 71.3 Å². The van der Waals surface area contributed by atoms with Crippen molar-refractivity contribution in [1.82, 2.24) is 5.32 Å². The lowest BCUT2D eigenvalue weighted by Crippen LogP contribution is -2.41. The maximum absolute atomic E-state index is 13.5. The second-order valence-electron chi connectivity index (χ2n) is 5.45. The van der Waals surface area contributed by atoms with E-state index in [1.165, 1.54) is 13.2 Å². The molecule has 7 heteroatoms. The Morgan fingerprint density at radius 1 is 1.19 bits per heavy atom. The molecule has 0 aliphatic carbocycles. The molecule has 2 rings (SSSR count). The Morgan fingerprint density at radius 3 is 2.46 bits per heavy atom. The summed E-state index contributed by atoms with van der Waals surface area (Å²) in [6.07, 6.45) is 2.22. The third-order valence-electron chi connectivity index (χ3n) is 3.59. The van der Waals surface area contributed by atoms with Gasteiger partial charge in [-0.05, 0) is 35.9 Å². The van der Waals surface area contributed by atoms with E-state index in [1.54, 1.807) is 24.3 Å². The van der Waals surface area contributed by atoms with E-state index in [9.17, 15) is 23.5 Å². The molecule has 2 aromatic rings. The number of hydrogen-bond acceptors (Lipinski definition) is 3. The summed E-state index contributed by atoms with van der Waals surface area (Å²) in [4.78, 5) is 23.3. The molecule has 26 heavy (non-hydrogen) atoms. The molecule has 0 heterocycles. The van der Waals surface area contributed by atoms with Crippen LogP contribution in [-0.4, -0.2) is 30.1 Å². The number of carboxylic acid groups (broad SMARTS) is 1. The van der Waals surface area contributed by atoms with Crippen molar-refractivity contribution in [2.75, 3.05) is 7.11 Å². The monoisotopic (exact) mass is 361 g/mol. The van der Waals surface area contributed by atoms with Crippen LogP contribution in [-0.2, 0) is 16.0 Å². The van der Waals surface area contributed by atoms with E-state index < -0.39 is 29.6 Å². The lowest BCUT2D eigenvalue weighted by Gasteiger charge is -2.13. The van der Waals surface area contributed by atoms with Crippen LogP contribution >= 0.6 is 0 Å². The van der Waals surface area contributed by atoms with Gasteiger partial charge in [0.15, 0.2) is 0 Å². The molecular formula is C19H17F2NO4. The molecule has 0 saturated carbocycles. The van der Waals surface area contributed by atoms with E-state index in [0.717, 1.165) is 18.2 Å². The van der Waals surface area contributed by atoms with Gasteiger partial charge >= 0.3 is 5.97 Å². The summed E-state index contributed by atoms with van der Waals surface area (Å²) in [5.74, 6) is -2.81. The average Bonchev–Trinajstić information content (AvgIpc) is 2.61. The number of hydrogen-bond donors (Lipinski definition) is 2. The zero-order valence-corrected chi connectivity index (χ0v) is 13.9. The predicted molar refractivity (Wildman–Crippen MR) is 91.7 cm³/mol. The fourth-order valence-electron chi connectivity index (χ4n) is 2.22.